The fourth-order valence-corrected chi connectivity index (χ4v) is 2.98. The van der Waals surface area contributed by atoms with Crippen molar-refractivity contribution in [2.24, 2.45) is 0 Å². The Morgan fingerprint density at radius 2 is 0.719 bits per heavy atom. The molecule has 0 aliphatic heterocycles. The molecule has 1 rings (SSSR count). The van der Waals surface area contributed by atoms with Gasteiger partial charge in [-0.15, -0.1) is 0 Å². The summed E-state index contributed by atoms with van der Waals surface area (Å²) in [6, 6.07) is 0. The molecule has 0 radical (unpaired) electrons. The molecule has 20 heteroatoms. The van der Waals surface area contributed by atoms with Gasteiger partial charge in [0.15, 0.2) is 0 Å². The Hall–Kier alpha value is -2.12. The molecule has 0 fully saturated rings. The lowest BCUT2D eigenvalue weighted by atomic mass is 9.87. The van der Waals surface area contributed by atoms with Crippen LogP contribution >= 0.6 is 0 Å². The Morgan fingerprint density at radius 1 is 0.531 bits per heavy atom. The minimum absolute atomic E-state index is 0.539. The highest BCUT2D eigenvalue weighted by atomic mass is 32.2. The normalized spacial score (nSPS) is 14.7. The van der Waals surface area contributed by atoms with Gasteiger partial charge < -0.3 is 0 Å². The molecule has 1 aromatic carbocycles. The van der Waals surface area contributed by atoms with Crippen molar-refractivity contribution in [3.05, 3.63) is 27.8 Å². The third-order valence-electron chi connectivity index (χ3n) is 3.55. The van der Waals surface area contributed by atoms with Crippen molar-refractivity contribution in [2.45, 2.75) is 30.9 Å². The van der Waals surface area contributed by atoms with Crippen molar-refractivity contribution in [3.8, 4) is 0 Å². The summed E-state index contributed by atoms with van der Waals surface area (Å²) in [5.74, 6) is 0. The van der Waals surface area contributed by atoms with E-state index in [0.717, 1.165) is 0 Å². The highest BCUT2D eigenvalue weighted by Gasteiger charge is 2.61. The summed E-state index contributed by atoms with van der Waals surface area (Å²) in [6.07, 6.45) is -35.1. The van der Waals surface area contributed by atoms with Crippen molar-refractivity contribution in [1.29, 1.82) is 0 Å². The Balaban J connectivity index is 4.94. The first-order valence-corrected chi connectivity index (χ1v) is 8.35. The lowest BCUT2D eigenvalue weighted by Gasteiger charge is -2.32. The molecule has 1 N–H and O–H groups in total. The predicted octanol–water partition coefficient (Wildman–Crippen LogP) is 6.02. The largest absolute Gasteiger partial charge is 0.419 e. The van der Waals surface area contributed by atoms with E-state index in [1.165, 1.54) is 0 Å². The Kier molecular flexibility index (Phi) is 6.50. The number of rotatable bonds is 2. The summed E-state index contributed by atoms with van der Waals surface area (Å²) < 4.78 is 228. The summed E-state index contributed by atoms with van der Waals surface area (Å²) >= 11 is 0. The zero-order valence-electron chi connectivity index (χ0n) is 14.3. The van der Waals surface area contributed by atoms with Crippen molar-refractivity contribution in [1.82, 2.24) is 0 Å². The molecule has 0 heterocycles. The molecule has 0 amide bonds. The predicted molar refractivity (Wildman–Crippen MR) is 71.4 cm³/mol. The fourth-order valence-electron chi connectivity index (χ4n) is 2.57. The molecular weight excluding hydrogens is 523 g/mol. The lowest BCUT2D eigenvalue weighted by Crippen LogP contribution is -2.37. The van der Waals surface area contributed by atoms with E-state index >= 15 is 0 Å². The van der Waals surface area contributed by atoms with Gasteiger partial charge >= 0.3 is 41.2 Å². The second kappa shape index (κ2) is 7.45. The van der Waals surface area contributed by atoms with Gasteiger partial charge in [0.25, 0.3) is 0 Å². The van der Waals surface area contributed by atoms with Crippen LogP contribution in [0, 0.1) is 0 Å². The minimum atomic E-state index is -7.11. The molecule has 1 aromatic rings. The number of halogens is 15. The van der Waals surface area contributed by atoms with E-state index in [0.29, 0.717) is 0 Å². The maximum atomic E-state index is 13.3. The lowest BCUT2D eigenvalue weighted by molar-refractivity contribution is -0.188. The number of benzene rings is 1. The highest BCUT2D eigenvalue weighted by molar-refractivity contribution is 7.87. The summed E-state index contributed by atoms with van der Waals surface area (Å²) in [5, 5.41) is 0. The van der Waals surface area contributed by atoms with Crippen LogP contribution in [0.3, 0.4) is 0 Å². The smallest absolute Gasteiger partial charge is 0.269 e. The van der Waals surface area contributed by atoms with Crippen LogP contribution in [0.4, 0.5) is 71.5 Å². The maximum absolute atomic E-state index is 13.3. The van der Waals surface area contributed by atoms with Gasteiger partial charge in [-0.25, -0.2) is 4.31 Å². The zero-order chi connectivity index (χ0) is 26.0. The van der Waals surface area contributed by atoms with E-state index < -0.39 is 86.0 Å². The fraction of sp³-hybridized carbons (Fsp3) is 0.500. The average Bonchev–Trinajstić information content (AvgIpc) is 2.45. The topological polar surface area (TPSA) is 57.6 Å². The van der Waals surface area contributed by atoms with Crippen molar-refractivity contribution in [2.75, 3.05) is 11.4 Å². The Morgan fingerprint density at radius 3 is 0.875 bits per heavy atom. The van der Waals surface area contributed by atoms with Gasteiger partial charge in [0.1, 0.15) is 0 Å². The maximum Gasteiger partial charge on any atom is 0.419 e. The number of nitrogens with zero attached hydrogens (tertiary/aromatic N) is 1. The second-order valence-corrected chi connectivity index (χ2v) is 7.10. The average molecular weight is 527 g/mol. The van der Waals surface area contributed by atoms with E-state index in [1.807, 2.05) is 0 Å². The van der Waals surface area contributed by atoms with Crippen LogP contribution in [-0.4, -0.2) is 20.0 Å². The van der Waals surface area contributed by atoms with E-state index in [9.17, 15) is 74.3 Å². The summed E-state index contributed by atoms with van der Waals surface area (Å²) in [4.78, 5) is 0. The van der Waals surface area contributed by atoms with Crippen molar-refractivity contribution >= 4 is 16.0 Å². The van der Waals surface area contributed by atoms with Gasteiger partial charge in [0.05, 0.1) is 33.5 Å². The first-order valence-electron chi connectivity index (χ1n) is 6.95. The molecule has 0 aliphatic carbocycles. The molecule has 4 nitrogen and oxygen atoms in total. The van der Waals surface area contributed by atoms with Crippen LogP contribution in [0.15, 0.2) is 0 Å². The van der Waals surface area contributed by atoms with Gasteiger partial charge in [0.2, 0.25) is 0 Å². The molecule has 0 saturated carbocycles. The van der Waals surface area contributed by atoms with Crippen LogP contribution in [-0.2, 0) is 41.2 Å². The van der Waals surface area contributed by atoms with Crippen LogP contribution in [0.25, 0.3) is 0 Å². The number of hydrogen-bond donors (Lipinski definition) is 1. The number of alkyl halides is 15. The van der Waals surface area contributed by atoms with Gasteiger partial charge in [-0.3, -0.25) is 4.55 Å². The van der Waals surface area contributed by atoms with Crippen LogP contribution in [0.1, 0.15) is 27.8 Å². The summed E-state index contributed by atoms with van der Waals surface area (Å²) in [7, 11) is -7.02. The van der Waals surface area contributed by atoms with Gasteiger partial charge in [-0.05, 0) is 0 Å². The van der Waals surface area contributed by atoms with Crippen molar-refractivity contribution in [3.63, 3.8) is 0 Å². The monoisotopic (exact) mass is 527 g/mol. The SMILES string of the molecule is CN(c1c(C(F)(F)F)c(C(F)(F)F)c(C(F)(F)F)c(C(F)(F)F)c1C(F)(F)F)S(=O)(=O)O. The molecule has 0 aromatic heterocycles. The minimum Gasteiger partial charge on any atom is -0.269 e. The van der Waals surface area contributed by atoms with Gasteiger partial charge in [-0.2, -0.15) is 74.3 Å². The summed E-state index contributed by atoms with van der Waals surface area (Å²) in [6.45, 7) is 0. The molecule has 0 atom stereocenters. The van der Waals surface area contributed by atoms with E-state index in [2.05, 4.69) is 0 Å². The third-order valence-corrected chi connectivity index (χ3v) is 4.43. The molecule has 186 valence electrons. The third kappa shape index (κ3) is 5.26. The quantitative estimate of drug-likeness (QED) is 0.378. The number of hydrogen-bond acceptors (Lipinski definition) is 2. The van der Waals surface area contributed by atoms with Crippen LogP contribution in [0.5, 0.6) is 0 Å². The van der Waals surface area contributed by atoms with Crippen LogP contribution in [0.2, 0.25) is 0 Å². The molecule has 0 unspecified atom stereocenters. The van der Waals surface area contributed by atoms with Crippen LogP contribution < -0.4 is 4.31 Å². The van der Waals surface area contributed by atoms with E-state index in [4.69, 9.17) is 4.55 Å². The van der Waals surface area contributed by atoms with Gasteiger partial charge in [0, 0.05) is 7.05 Å². The Labute approximate surface area is 166 Å². The molecule has 0 spiro atoms. The first-order chi connectivity index (χ1) is 13.6. The van der Waals surface area contributed by atoms with E-state index in [-0.39, 0.29) is 0 Å². The molecular formula is C12H4F15NO3S. The zero-order valence-corrected chi connectivity index (χ0v) is 15.1. The molecule has 0 saturated heterocycles. The van der Waals surface area contributed by atoms with Gasteiger partial charge in [-0.1, -0.05) is 0 Å². The summed E-state index contributed by atoms with van der Waals surface area (Å²) in [5.41, 5.74) is -24.7. The molecule has 32 heavy (non-hydrogen) atoms. The standard InChI is InChI=1S/C12H4F15NO3S/c1-28(32(29,30)31)7-5(11(22,23)24)3(9(16,17)18)2(8(13,14)15)4(10(19,20)21)6(7)12(25,26)27/h1H3,(H,29,30,31). The highest BCUT2D eigenvalue weighted by Crippen LogP contribution is 2.58. The second-order valence-electron chi connectivity index (χ2n) is 5.66. The van der Waals surface area contributed by atoms with E-state index in [1.54, 1.807) is 0 Å². The van der Waals surface area contributed by atoms with Crippen molar-refractivity contribution < 1.29 is 78.8 Å². The first kappa shape index (κ1) is 27.9. The molecule has 0 aliphatic rings. The number of anilines is 1. The molecule has 0 bridgehead atoms. The Bertz CT molecular complexity index is 942.